The first-order chi connectivity index (χ1) is 9.77. The van der Waals surface area contributed by atoms with Crippen LogP contribution in [-0.2, 0) is 10.2 Å². The minimum absolute atomic E-state index is 0.104. The summed E-state index contributed by atoms with van der Waals surface area (Å²) in [5.41, 5.74) is -0.179. The van der Waals surface area contributed by atoms with Gasteiger partial charge in [0, 0.05) is 18.0 Å². The van der Waals surface area contributed by atoms with Crippen LogP contribution in [0, 0.1) is 5.92 Å². The number of piperidine rings is 1. The van der Waals surface area contributed by atoms with Crippen LogP contribution in [-0.4, -0.2) is 29.7 Å². The molecular formula is C14H22N4O3. The molecule has 0 aliphatic carbocycles. The van der Waals surface area contributed by atoms with Gasteiger partial charge < -0.3 is 15.2 Å². The fourth-order valence-corrected chi connectivity index (χ4v) is 2.15. The molecule has 7 heteroatoms. The number of rotatable bonds is 2. The van der Waals surface area contributed by atoms with Crippen LogP contribution in [0.25, 0.3) is 0 Å². The first-order valence-corrected chi connectivity index (χ1v) is 7.10. The van der Waals surface area contributed by atoms with Crippen LogP contribution in [0.3, 0.4) is 0 Å². The van der Waals surface area contributed by atoms with Crippen molar-refractivity contribution in [2.75, 3.05) is 11.9 Å². The molecule has 1 aliphatic rings. The Labute approximate surface area is 123 Å². The highest BCUT2D eigenvalue weighted by Crippen LogP contribution is 2.24. The molecule has 2 heterocycles. The number of hydrogen-bond donors (Lipinski definition) is 3. The van der Waals surface area contributed by atoms with E-state index in [2.05, 4.69) is 21.1 Å². The summed E-state index contributed by atoms with van der Waals surface area (Å²) in [6, 6.07) is 0.703. The molecule has 116 valence electrons. The van der Waals surface area contributed by atoms with E-state index in [1.165, 1.54) is 0 Å². The Hall–Kier alpha value is -2.05. The quantitative estimate of drug-likeness (QED) is 0.772. The number of urea groups is 1. The Morgan fingerprint density at radius 1 is 1.48 bits per heavy atom. The van der Waals surface area contributed by atoms with Gasteiger partial charge in [-0.1, -0.05) is 32.9 Å². The molecule has 1 aromatic heterocycles. The number of anilines is 1. The molecule has 0 unspecified atom stereocenters. The number of aromatic nitrogens is 1. The number of nitrogens with one attached hydrogen (secondary N) is 3. The second kappa shape index (κ2) is 5.75. The topological polar surface area (TPSA) is 96.3 Å². The Kier molecular flexibility index (Phi) is 4.20. The van der Waals surface area contributed by atoms with Gasteiger partial charge in [-0.15, -0.1) is 0 Å². The van der Waals surface area contributed by atoms with Crippen molar-refractivity contribution in [3.8, 4) is 0 Å². The lowest BCUT2D eigenvalue weighted by Gasteiger charge is -2.28. The molecule has 7 nitrogen and oxygen atoms in total. The van der Waals surface area contributed by atoms with Gasteiger partial charge in [-0.05, 0) is 12.3 Å². The number of amides is 3. The number of carbonyl (C=O) groups is 2. The van der Waals surface area contributed by atoms with Gasteiger partial charge in [0.2, 0.25) is 5.91 Å². The zero-order valence-corrected chi connectivity index (χ0v) is 12.8. The molecule has 0 bridgehead atoms. The van der Waals surface area contributed by atoms with Crippen LogP contribution in [0.1, 0.15) is 39.9 Å². The van der Waals surface area contributed by atoms with Gasteiger partial charge in [0.1, 0.15) is 11.8 Å². The Bertz CT molecular complexity index is 533. The zero-order chi connectivity index (χ0) is 15.6. The van der Waals surface area contributed by atoms with Gasteiger partial charge in [-0.25, -0.2) is 4.79 Å². The third kappa shape index (κ3) is 3.74. The van der Waals surface area contributed by atoms with E-state index in [-0.39, 0.29) is 17.2 Å². The molecule has 21 heavy (non-hydrogen) atoms. The molecule has 0 radical (unpaired) electrons. The van der Waals surface area contributed by atoms with E-state index in [1.54, 1.807) is 6.07 Å². The van der Waals surface area contributed by atoms with Crippen molar-refractivity contribution in [3.05, 3.63) is 11.8 Å². The molecule has 1 fully saturated rings. The fraction of sp³-hybridized carbons (Fsp3) is 0.643. The van der Waals surface area contributed by atoms with Crippen molar-refractivity contribution in [1.82, 2.24) is 15.8 Å². The minimum Gasteiger partial charge on any atom is -0.359 e. The number of nitrogens with zero attached hydrogens (tertiary/aromatic N) is 1. The predicted octanol–water partition coefficient (Wildman–Crippen LogP) is 1.62. The Balaban J connectivity index is 1.95. The first kappa shape index (κ1) is 15.3. The van der Waals surface area contributed by atoms with Crippen LogP contribution < -0.4 is 16.0 Å². The smallest absolute Gasteiger partial charge is 0.321 e. The van der Waals surface area contributed by atoms with Crippen LogP contribution in [0.5, 0.6) is 0 Å². The summed E-state index contributed by atoms with van der Waals surface area (Å²) in [5.74, 6) is 0.967. The van der Waals surface area contributed by atoms with E-state index < -0.39 is 12.1 Å². The highest BCUT2D eigenvalue weighted by Gasteiger charge is 2.30. The third-order valence-corrected chi connectivity index (χ3v) is 3.53. The van der Waals surface area contributed by atoms with E-state index in [4.69, 9.17) is 4.52 Å². The van der Waals surface area contributed by atoms with Crippen molar-refractivity contribution < 1.29 is 14.1 Å². The molecule has 1 aromatic rings. The van der Waals surface area contributed by atoms with Crippen molar-refractivity contribution in [3.63, 3.8) is 0 Å². The highest BCUT2D eigenvalue weighted by atomic mass is 16.5. The van der Waals surface area contributed by atoms with Crippen LogP contribution >= 0.6 is 0 Å². The largest absolute Gasteiger partial charge is 0.359 e. The van der Waals surface area contributed by atoms with E-state index in [0.717, 1.165) is 6.42 Å². The lowest BCUT2D eigenvalue weighted by Crippen LogP contribution is -2.55. The summed E-state index contributed by atoms with van der Waals surface area (Å²) in [7, 11) is 0. The summed E-state index contributed by atoms with van der Waals surface area (Å²) in [6.45, 7) is 8.57. The molecule has 1 saturated heterocycles. The van der Waals surface area contributed by atoms with Gasteiger partial charge in [0.25, 0.3) is 0 Å². The maximum Gasteiger partial charge on any atom is 0.321 e. The highest BCUT2D eigenvalue weighted by molar-refractivity contribution is 5.93. The molecular weight excluding hydrogens is 272 g/mol. The van der Waals surface area contributed by atoms with Crippen molar-refractivity contribution in [2.45, 2.75) is 45.6 Å². The SMILES string of the molecule is C[C@@H]1CCNC(=O)[C@H]1NC(=O)Nc1cc(C(C)(C)C)on1. The molecule has 0 aromatic carbocycles. The van der Waals surface area contributed by atoms with Crippen molar-refractivity contribution in [2.24, 2.45) is 5.92 Å². The Morgan fingerprint density at radius 2 is 2.19 bits per heavy atom. The van der Waals surface area contributed by atoms with Crippen molar-refractivity contribution in [1.29, 1.82) is 0 Å². The lowest BCUT2D eigenvalue weighted by molar-refractivity contribution is -0.125. The lowest BCUT2D eigenvalue weighted by atomic mass is 9.93. The normalized spacial score (nSPS) is 22.6. The summed E-state index contributed by atoms with van der Waals surface area (Å²) in [5, 5.41) is 11.8. The molecule has 0 spiro atoms. The molecule has 1 aliphatic heterocycles. The molecule has 2 rings (SSSR count). The fourth-order valence-electron chi connectivity index (χ4n) is 2.15. The molecule has 0 saturated carbocycles. The van der Waals surface area contributed by atoms with Crippen LogP contribution in [0.2, 0.25) is 0 Å². The monoisotopic (exact) mass is 294 g/mol. The zero-order valence-electron chi connectivity index (χ0n) is 12.8. The second-order valence-corrected chi connectivity index (χ2v) is 6.46. The first-order valence-electron chi connectivity index (χ1n) is 7.10. The van der Waals surface area contributed by atoms with E-state index in [9.17, 15) is 9.59 Å². The van der Waals surface area contributed by atoms with E-state index in [1.807, 2.05) is 27.7 Å². The van der Waals surface area contributed by atoms with Crippen LogP contribution in [0.15, 0.2) is 10.6 Å². The minimum atomic E-state index is -0.521. The Morgan fingerprint density at radius 3 is 2.76 bits per heavy atom. The number of carbonyl (C=O) groups excluding carboxylic acids is 2. The molecule has 3 N–H and O–H groups in total. The summed E-state index contributed by atoms with van der Waals surface area (Å²) in [4.78, 5) is 23.7. The van der Waals surface area contributed by atoms with Crippen molar-refractivity contribution >= 4 is 17.8 Å². The van der Waals surface area contributed by atoms with Gasteiger partial charge in [-0.3, -0.25) is 10.1 Å². The average molecular weight is 294 g/mol. The van der Waals surface area contributed by atoms with Gasteiger partial charge in [-0.2, -0.15) is 0 Å². The van der Waals surface area contributed by atoms with E-state index >= 15 is 0 Å². The van der Waals surface area contributed by atoms with Gasteiger partial charge in [0.15, 0.2) is 5.82 Å². The molecule has 2 atom stereocenters. The summed E-state index contributed by atoms with van der Waals surface area (Å²) in [6.07, 6.45) is 0.842. The average Bonchev–Trinajstić information content (AvgIpc) is 2.82. The maximum atomic E-state index is 11.9. The molecule has 3 amide bonds. The van der Waals surface area contributed by atoms with Gasteiger partial charge in [0.05, 0.1) is 0 Å². The second-order valence-electron chi connectivity index (χ2n) is 6.46. The van der Waals surface area contributed by atoms with E-state index in [0.29, 0.717) is 18.1 Å². The standard InChI is InChI=1S/C14H22N4O3/c1-8-5-6-15-12(19)11(8)17-13(20)16-10-7-9(21-18-10)14(2,3)4/h7-8,11H,5-6H2,1-4H3,(H,15,19)(H2,16,17,18,20)/t8-,11+/m1/s1. The number of hydrogen-bond acceptors (Lipinski definition) is 4. The summed E-state index contributed by atoms with van der Waals surface area (Å²) >= 11 is 0. The predicted molar refractivity (Wildman–Crippen MR) is 77.9 cm³/mol. The van der Waals surface area contributed by atoms with Crippen LogP contribution in [0.4, 0.5) is 10.6 Å². The van der Waals surface area contributed by atoms with Gasteiger partial charge >= 0.3 is 6.03 Å². The maximum absolute atomic E-state index is 11.9. The third-order valence-electron chi connectivity index (χ3n) is 3.53. The summed E-state index contributed by atoms with van der Waals surface area (Å²) < 4.78 is 5.19.